The minimum atomic E-state index is -0.803. The van der Waals surface area contributed by atoms with E-state index in [0.29, 0.717) is 12.8 Å². The maximum absolute atomic E-state index is 12.9. The molecule has 1 N–H and O–H groups in total. The molecule has 24 heavy (non-hydrogen) atoms. The number of hydrogen-bond donors (Lipinski definition) is 1. The van der Waals surface area contributed by atoms with Crippen molar-refractivity contribution >= 4 is 29.3 Å². The highest BCUT2D eigenvalue weighted by molar-refractivity contribution is 7.10. The molecule has 1 aliphatic heterocycles. The van der Waals surface area contributed by atoms with Crippen LogP contribution >= 0.6 is 11.3 Å². The second kappa shape index (κ2) is 7.51. The van der Waals surface area contributed by atoms with E-state index in [4.69, 9.17) is 0 Å². The first-order chi connectivity index (χ1) is 11.6. The summed E-state index contributed by atoms with van der Waals surface area (Å²) in [5, 5.41) is 11.5. The molecule has 0 radical (unpaired) electrons. The molecule has 0 bridgehead atoms. The van der Waals surface area contributed by atoms with Crippen molar-refractivity contribution in [3.63, 3.8) is 0 Å². The number of hydrogen-bond acceptors (Lipinski definition) is 3. The summed E-state index contributed by atoms with van der Waals surface area (Å²) >= 11 is 1.69. The molecule has 1 aliphatic carbocycles. The molecule has 1 saturated heterocycles. The maximum atomic E-state index is 12.9. The lowest BCUT2D eigenvalue weighted by molar-refractivity contribution is -0.159. The van der Waals surface area contributed by atoms with Crippen molar-refractivity contribution in [1.29, 1.82) is 0 Å². The molecule has 1 saturated carbocycles. The third-order valence-electron chi connectivity index (χ3n) is 5.40. The molecule has 1 amide bonds. The minimum Gasteiger partial charge on any atom is -0.481 e. The maximum Gasteiger partial charge on any atom is 0.310 e. The summed E-state index contributed by atoms with van der Waals surface area (Å²) in [5.41, 5.74) is -0.800. The SMILES string of the molecule is O=C(CC1(C(=O)O)CCC1)N1CCCCCC1/C=C/c1cccs1. The Balaban J connectivity index is 1.71. The zero-order valence-electron chi connectivity index (χ0n) is 13.9. The Hall–Kier alpha value is -1.62. The Kier molecular flexibility index (Phi) is 5.39. The summed E-state index contributed by atoms with van der Waals surface area (Å²) in [4.78, 5) is 27.6. The Labute approximate surface area is 147 Å². The zero-order valence-corrected chi connectivity index (χ0v) is 14.8. The van der Waals surface area contributed by atoms with Crippen LogP contribution in [0.5, 0.6) is 0 Å². The van der Waals surface area contributed by atoms with E-state index < -0.39 is 11.4 Å². The average molecular weight is 347 g/mol. The van der Waals surface area contributed by atoms with Gasteiger partial charge in [0.25, 0.3) is 0 Å². The van der Waals surface area contributed by atoms with E-state index in [2.05, 4.69) is 18.2 Å². The van der Waals surface area contributed by atoms with Gasteiger partial charge < -0.3 is 10.0 Å². The largest absolute Gasteiger partial charge is 0.481 e. The molecule has 1 atom stereocenters. The van der Waals surface area contributed by atoms with E-state index in [0.717, 1.165) is 38.6 Å². The summed E-state index contributed by atoms with van der Waals surface area (Å²) in [5.74, 6) is -0.789. The molecule has 2 fully saturated rings. The molecule has 1 aromatic heterocycles. The highest BCUT2D eigenvalue weighted by Gasteiger charge is 2.47. The fourth-order valence-corrected chi connectivity index (χ4v) is 4.33. The van der Waals surface area contributed by atoms with Crippen LogP contribution in [0, 0.1) is 5.41 Å². The van der Waals surface area contributed by atoms with Gasteiger partial charge in [-0.15, -0.1) is 11.3 Å². The summed E-state index contributed by atoms with van der Waals surface area (Å²) in [6.45, 7) is 0.744. The van der Waals surface area contributed by atoms with Crippen molar-refractivity contribution in [2.24, 2.45) is 5.41 Å². The highest BCUT2D eigenvalue weighted by atomic mass is 32.1. The molecule has 130 valence electrons. The number of likely N-dealkylation sites (tertiary alicyclic amines) is 1. The first kappa shape index (κ1) is 17.2. The monoisotopic (exact) mass is 347 g/mol. The third kappa shape index (κ3) is 3.72. The number of amides is 1. The van der Waals surface area contributed by atoms with Crippen molar-refractivity contribution in [3.05, 3.63) is 28.5 Å². The normalized spacial score (nSPS) is 23.7. The van der Waals surface area contributed by atoms with Gasteiger partial charge >= 0.3 is 5.97 Å². The topological polar surface area (TPSA) is 57.6 Å². The van der Waals surface area contributed by atoms with Crippen LogP contribution in [0.3, 0.4) is 0 Å². The Morgan fingerprint density at radius 2 is 2.12 bits per heavy atom. The number of carboxylic acid groups (broad SMARTS) is 1. The highest BCUT2D eigenvalue weighted by Crippen LogP contribution is 2.44. The van der Waals surface area contributed by atoms with Gasteiger partial charge in [-0.2, -0.15) is 0 Å². The standard InChI is InChI=1S/C19H25NO3S/c21-17(14-19(18(22)23)10-5-11-19)20-12-3-1-2-6-15(20)8-9-16-7-4-13-24-16/h4,7-9,13,15H,1-3,5-6,10-12,14H2,(H,22,23)/b9-8+. The Bertz CT molecular complexity index is 604. The van der Waals surface area contributed by atoms with Gasteiger partial charge in [0.05, 0.1) is 11.5 Å². The van der Waals surface area contributed by atoms with Crippen LogP contribution in [0.1, 0.15) is 56.2 Å². The lowest BCUT2D eigenvalue weighted by Gasteiger charge is -2.39. The van der Waals surface area contributed by atoms with Crippen LogP contribution in [0.2, 0.25) is 0 Å². The predicted molar refractivity (Wildman–Crippen MR) is 95.9 cm³/mol. The van der Waals surface area contributed by atoms with Gasteiger partial charge in [-0.05, 0) is 43.2 Å². The van der Waals surface area contributed by atoms with Gasteiger partial charge in [0, 0.05) is 17.8 Å². The molecule has 0 spiro atoms. The van der Waals surface area contributed by atoms with E-state index in [1.165, 1.54) is 4.88 Å². The fourth-order valence-electron chi connectivity index (χ4n) is 3.70. The number of rotatable bonds is 5. The lowest BCUT2D eigenvalue weighted by atomic mass is 9.66. The number of carbonyl (C=O) groups is 2. The lowest BCUT2D eigenvalue weighted by Crippen LogP contribution is -2.46. The first-order valence-electron chi connectivity index (χ1n) is 8.85. The number of aliphatic carboxylic acids is 1. The molecule has 2 heterocycles. The quantitative estimate of drug-likeness (QED) is 0.869. The molecular weight excluding hydrogens is 322 g/mol. The minimum absolute atomic E-state index is 0.0137. The number of nitrogens with zero attached hydrogens (tertiary/aromatic N) is 1. The van der Waals surface area contributed by atoms with Crippen molar-refractivity contribution in [2.75, 3.05) is 6.54 Å². The van der Waals surface area contributed by atoms with E-state index in [-0.39, 0.29) is 18.4 Å². The second-order valence-corrected chi connectivity index (χ2v) is 7.97. The van der Waals surface area contributed by atoms with Gasteiger partial charge in [0.1, 0.15) is 0 Å². The van der Waals surface area contributed by atoms with Crippen molar-refractivity contribution < 1.29 is 14.7 Å². The van der Waals surface area contributed by atoms with Gasteiger partial charge in [-0.25, -0.2) is 0 Å². The molecule has 1 aromatic rings. The molecule has 3 rings (SSSR count). The smallest absolute Gasteiger partial charge is 0.310 e. The number of carbonyl (C=O) groups excluding carboxylic acids is 1. The summed E-state index contributed by atoms with van der Waals surface area (Å²) < 4.78 is 0. The van der Waals surface area contributed by atoms with Crippen LogP contribution in [-0.2, 0) is 9.59 Å². The second-order valence-electron chi connectivity index (χ2n) is 6.99. The van der Waals surface area contributed by atoms with Crippen LogP contribution in [0.25, 0.3) is 6.08 Å². The van der Waals surface area contributed by atoms with Gasteiger partial charge in [-0.1, -0.05) is 31.4 Å². The molecule has 4 nitrogen and oxygen atoms in total. The molecule has 5 heteroatoms. The van der Waals surface area contributed by atoms with Gasteiger partial charge in [0.2, 0.25) is 5.91 Å². The van der Waals surface area contributed by atoms with Crippen LogP contribution in [-0.4, -0.2) is 34.5 Å². The van der Waals surface area contributed by atoms with Crippen molar-refractivity contribution in [3.8, 4) is 0 Å². The Morgan fingerprint density at radius 3 is 2.75 bits per heavy atom. The van der Waals surface area contributed by atoms with Crippen LogP contribution in [0.4, 0.5) is 0 Å². The van der Waals surface area contributed by atoms with Crippen LogP contribution in [0.15, 0.2) is 23.6 Å². The summed E-state index contributed by atoms with van der Waals surface area (Å²) in [7, 11) is 0. The van der Waals surface area contributed by atoms with E-state index in [1.807, 2.05) is 16.3 Å². The number of thiophene rings is 1. The number of carboxylic acids is 1. The van der Waals surface area contributed by atoms with Gasteiger partial charge in [-0.3, -0.25) is 9.59 Å². The molecular formula is C19H25NO3S. The average Bonchev–Trinajstić information content (AvgIpc) is 2.92. The molecule has 2 aliphatic rings. The van der Waals surface area contributed by atoms with Gasteiger partial charge in [0.15, 0.2) is 0 Å². The van der Waals surface area contributed by atoms with Crippen molar-refractivity contribution in [2.45, 2.75) is 57.4 Å². The van der Waals surface area contributed by atoms with Crippen LogP contribution < -0.4 is 0 Å². The van der Waals surface area contributed by atoms with E-state index >= 15 is 0 Å². The zero-order chi connectivity index (χ0) is 17.0. The fraction of sp³-hybridized carbons (Fsp3) is 0.579. The Morgan fingerprint density at radius 1 is 1.29 bits per heavy atom. The van der Waals surface area contributed by atoms with Crippen molar-refractivity contribution in [1.82, 2.24) is 4.90 Å². The van der Waals surface area contributed by atoms with E-state index in [9.17, 15) is 14.7 Å². The first-order valence-corrected chi connectivity index (χ1v) is 9.73. The molecule has 1 unspecified atom stereocenters. The summed E-state index contributed by atoms with van der Waals surface area (Å²) in [6, 6.07) is 4.18. The molecule has 0 aromatic carbocycles. The van der Waals surface area contributed by atoms with E-state index in [1.54, 1.807) is 11.3 Å². The summed E-state index contributed by atoms with van der Waals surface area (Å²) in [6.07, 6.45) is 10.8. The predicted octanol–water partition coefficient (Wildman–Crippen LogP) is 4.18. The third-order valence-corrected chi connectivity index (χ3v) is 6.24.